The van der Waals surface area contributed by atoms with E-state index in [0.29, 0.717) is 17.4 Å². The predicted octanol–water partition coefficient (Wildman–Crippen LogP) is 2.78. The van der Waals surface area contributed by atoms with Crippen LogP contribution in [0.1, 0.15) is 24.8 Å². The van der Waals surface area contributed by atoms with Crippen LogP contribution in [0.25, 0.3) is 0 Å². The Morgan fingerprint density at radius 2 is 2.11 bits per heavy atom. The molecule has 6 rings (SSSR count). The van der Waals surface area contributed by atoms with Gasteiger partial charge in [0.2, 0.25) is 0 Å². The third kappa shape index (κ3) is 4.18. The molecule has 10 heteroatoms. The molecule has 10 nitrogen and oxygen atoms in total. The van der Waals surface area contributed by atoms with Crippen molar-refractivity contribution >= 4 is 41.2 Å². The van der Waals surface area contributed by atoms with Gasteiger partial charge in [0.05, 0.1) is 24.0 Å². The van der Waals surface area contributed by atoms with Crippen LogP contribution in [-0.4, -0.2) is 67.6 Å². The minimum Gasteiger partial charge on any atom is -0.480 e. The van der Waals surface area contributed by atoms with E-state index in [4.69, 9.17) is 9.47 Å². The molecular weight excluding hydrogens is 448 g/mol. The Morgan fingerprint density at radius 3 is 3.03 bits per heavy atom. The smallest absolute Gasteiger partial charge is 0.416 e. The normalized spacial score (nSPS) is 24.8. The number of hydrogen-bond donors (Lipinski definition) is 2. The first kappa shape index (κ1) is 21.8. The molecule has 2 fully saturated rings. The second kappa shape index (κ2) is 8.84. The lowest BCUT2D eigenvalue weighted by Gasteiger charge is -2.34. The predicted molar refractivity (Wildman–Crippen MR) is 132 cm³/mol. The van der Waals surface area contributed by atoms with E-state index < -0.39 is 6.09 Å². The molecule has 0 spiro atoms. The molecule has 35 heavy (non-hydrogen) atoms. The van der Waals surface area contributed by atoms with Gasteiger partial charge >= 0.3 is 6.09 Å². The van der Waals surface area contributed by atoms with Crippen molar-refractivity contribution in [1.82, 2.24) is 10.3 Å². The van der Waals surface area contributed by atoms with Crippen LogP contribution in [0.2, 0.25) is 0 Å². The Balaban J connectivity index is 1.07. The number of ether oxygens (including phenoxy) is 2. The van der Waals surface area contributed by atoms with E-state index in [-0.39, 0.29) is 30.7 Å². The van der Waals surface area contributed by atoms with Gasteiger partial charge in [-0.3, -0.25) is 14.7 Å². The molecule has 0 bridgehead atoms. The molecule has 1 aliphatic carbocycles. The summed E-state index contributed by atoms with van der Waals surface area (Å²) in [5.74, 6) is 1.05. The number of amides is 2. The molecule has 2 aromatic rings. The maximum atomic E-state index is 12.8. The number of carbonyl (C=O) groups is 2. The van der Waals surface area contributed by atoms with Gasteiger partial charge in [0.1, 0.15) is 11.9 Å². The Hall–Kier alpha value is -3.66. The van der Waals surface area contributed by atoms with Gasteiger partial charge < -0.3 is 25.0 Å². The summed E-state index contributed by atoms with van der Waals surface area (Å²) in [6.07, 6.45) is 3.89. The molecule has 2 N–H and O–H groups in total. The SMILES string of the molecule is Cc1ccc2c(c1)N(CCN[C@H]1CC[C@H]3[C@@H](C1)OC(=O)N3c1ccc3c(n1)NC(=O)CO3)CC=N2. The molecule has 0 radical (unpaired) electrons. The first-order valence-corrected chi connectivity index (χ1v) is 12.1. The molecule has 4 aliphatic rings. The number of fused-ring (bicyclic) bond motifs is 3. The highest BCUT2D eigenvalue weighted by molar-refractivity contribution is 5.95. The van der Waals surface area contributed by atoms with Crippen LogP contribution in [-0.2, 0) is 9.53 Å². The average molecular weight is 477 g/mol. The third-order valence-corrected chi connectivity index (χ3v) is 7.06. The van der Waals surface area contributed by atoms with Gasteiger partial charge in [0.15, 0.2) is 18.2 Å². The van der Waals surface area contributed by atoms with Gasteiger partial charge in [-0.15, -0.1) is 0 Å². The molecule has 0 unspecified atom stereocenters. The van der Waals surface area contributed by atoms with Crippen LogP contribution >= 0.6 is 0 Å². The maximum Gasteiger partial charge on any atom is 0.416 e. The molecule has 1 saturated heterocycles. The lowest BCUT2D eigenvalue weighted by molar-refractivity contribution is -0.118. The summed E-state index contributed by atoms with van der Waals surface area (Å²) in [4.78, 5) is 37.3. The van der Waals surface area contributed by atoms with Crippen LogP contribution in [0.15, 0.2) is 35.3 Å². The van der Waals surface area contributed by atoms with Gasteiger partial charge in [-0.1, -0.05) is 6.07 Å². The lowest BCUT2D eigenvalue weighted by atomic mass is 9.88. The molecule has 2 amide bonds. The number of benzene rings is 1. The van der Waals surface area contributed by atoms with Crippen LogP contribution in [0, 0.1) is 6.92 Å². The Bertz CT molecular complexity index is 1200. The maximum absolute atomic E-state index is 12.8. The highest BCUT2D eigenvalue weighted by Crippen LogP contribution is 2.37. The Labute approximate surface area is 203 Å². The Morgan fingerprint density at radius 1 is 1.20 bits per heavy atom. The first-order valence-electron chi connectivity index (χ1n) is 12.1. The van der Waals surface area contributed by atoms with Crippen molar-refractivity contribution in [3.63, 3.8) is 0 Å². The van der Waals surface area contributed by atoms with Crippen molar-refractivity contribution in [2.75, 3.05) is 41.4 Å². The highest BCUT2D eigenvalue weighted by Gasteiger charge is 2.46. The number of hydrogen-bond acceptors (Lipinski definition) is 8. The van der Waals surface area contributed by atoms with E-state index >= 15 is 0 Å². The first-order chi connectivity index (χ1) is 17.0. The number of aromatic nitrogens is 1. The molecule has 1 saturated carbocycles. The summed E-state index contributed by atoms with van der Waals surface area (Å²) in [5, 5.41) is 6.37. The zero-order valence-corrected chi connectivity index (χ0v) is 19.6. The largest absolute Gasteiger partial charge is 0.480 e. The number of nitrogens with zero attached hydrogens (tertiary/aromatic N) is 4. The minimum absolute atomic E-state index is 0.0314. The van der Waals surface area contributed by atoms with Gasteiger partial charge in [-0.05, 0) is 49.6 Å². The number of aliphatic imine (C=N–C) groups is 1. The molecule has 3 aliphatic heterocycles. The fraction of sp³-hybridized carbons (Fsp3) is 0.440. The molecule has 182 valence electrons. The minimum atomic E-state index is -0.393. The van der Waals surface area contributed by atoms with Crippen LogP contribution in [0.5, 0.6) is 5.75 Å². The number of aryl methyl sites for hydroxylation is 1. The number of pyridine rings is 1. The van der Waals surface area contributed by atoms with Crippen LogP contribution in [0.3, 0.4) is 0 Å². The van der Waals surface area contributed by atoms with Crippen molar-refractivity contribution in [3.05, 3.63) is 35.9 Å². The molecule has 1 aromatic carbocycles. The Kier molecular flexibility index (Phi) is 5.52. The van der Waals surface area contributed by atoms with Crippen LogP contribution in [0.4, 0.5) is 27.8 Å². The van der Waals surface area contributed by atoms with Crippen molar-refractivity contribution in [1.29, 1.82) is 0 Å². The van der Waals surface area contributed by atoms with E-state index in [1.54, 1.807) is 17.0 Å². The van der Waals surface area contributed by atoms with E-state index in [0.717, 1.165) is 44.6 Å². The van der Waals surface area contributed by atoms with Gasteiger partial charge in [0.25, 0.3) is 5.91 Å². The average Bonchev–Trinajstić information content (AvgIpc) is 3.18. The number of rotatable bonds is 5. The standard InChI is InChI=1S/C25H28N6O4/c1-15-2-4-17-19(12-15)30(11-9-27-17)10-8-26-16-3-5-18-21(13-16)35-25(33)31(18)22-7-6-20-24(28-22)29-23(32)14-34-20/h2,4,6-7,9,12,16,18,21,26H,3,5,8,10-11,13-14H2,1H3,(H,28,29,32)/t16-,18-,21+/m0/s1. The highest BCUT2D eigenvalue weighted by atomic mass is 16.6. The quantitative estimate of drug-likeness (QED) is 0.683. The molecule has 3 atom stereocenters. The van der Waals surface area contributed by atoms with Gasteiger partial charge in [0, 0.05) is 31.8 Å². The lowest BCUT2D eigenvalue weighted by Crippen LogP contribution is -2.47. The summed E-state index contributed by atoms with van der Waals surface area (Å²) in [6, 6.07) is 10.0. The van der Waals surface area contributed by atoms with Crippen molar-refractivity contribution in [2.24, 2.45) is 4.99 Å². The van der Waals surface area contributed by atoms with Gasteiger partial charge in [-0.25, -0.2) is 9.78 Å². The fourth-order valence-corrected chi connectivity index (χ4v) is 5.34. The molecule has 4 heterocycles. The topological polar surface area (TPSA) is 108 Å². The third-order valence-electron chi connectivity index (χ3n) is 7.06. The second-order valence-corrected chi connectivity index (χ2v) is 9.43. The fourth-order valence-electron chi connectivity index (χ4n) is 5.34. The summed E-state index contributed by atoms with van der Waals surface area (Å²) in [5.41, 5.74) is 3.42. The van der Waals surface area contributed by atoms with Crippen molar-refractivity contribution in [2.45, 2.75) is 44.4 Å². The van der Waals surface area contributed by atoms with E-state index in [2.05, 4.69) is 50.6 Å². The van der Waals surface area contributed by atoms with E-state index in [1.165, 1.54) is 11.3 Å². The number of carbonyl (C=O) groups excluding carboxylic acids is 2. The molecular formula is C25H28N6O4. The number of nitrogens with one attached hydrogen (secondary N) is 2. The van der Waals surface area contributed by atoms with E-state index in [9.17, 15) is 9.59 Å². The monoisotopic (exact) mass is 476 g/mol. The second-order valence-electron chi connectivity index (χ2n) is 9.43. The summed E-state index contributed by atoms with van der Waals surface area (Å²) in [6.45, 7) is 4.59. The van der Waals surface area contributed by atoms with Crippen molar-refractivity contribution in [3.8, 4) is 5.75 Å². The summed E-state index contributed by atoms with van der Waals surface area (Å²) < 4.78 is 11.1. The van der Waals surface area contributed by atoms with Crippen LogP contribution < -0.4 is 25.2 Å². The summed E-state index contributed by atoms with van der Waals surface area (Å²) in [7, 11) is 0. The van der Waals surface area contributed by atoms with Crippen molar-refractivity contribution < 1.29 is 19.1 Å². The zero-order valence-electron chi connectivity index (χ0n) is 19.6. The van der Waals surface area contributed by atoms with Gasteiger partial charge in [-0.2, -0.15) is 0 Å². The summed E-state index contributed by atoms with van der Waals surface area (Å²) >= 11 is 0. The zero-order chi connectivity index (χ0) is 23.9. The molecule has 1 aromatic heterocycles. The van der Waals surface area contributed by atoms with E-state index in [1.807, 2.05) is 6.21 Å². The number of anilines is 3.